The van der Waals surface area contributed by atoms with Gasteiger partial charge in [0.2, 0.25) is 0 Å². The van der Waals surface area contributed by atoms with Gasteiger partial charge in [-0.15, -0.1) is 0 Å². The van der Waals surface area contributed by atoms with Gasteiger partial charge in [0.1, 0.15) is 6.10 Å². The number of halogens is 2. The van der Waals surface area contributed by atoms with E-state index in [1.807, 2.05) is 0 Å². The Morgan fingerprint density at radius 3 is 2.07 bits per heavy atom. The van der Waals surface area contributed by atoms with E-state index in [2.05, 4.69) is 0 Å². The van der Waals surface area contributed by atoms with Crippen LogP contribution in [0.25, 0.3) is 0 Å². The number of nitrogen functional groups attached to an aromatic ring is 1. The van der Waals surface area contributed by atoms with Crippen LogP contribution >= 0.6 is 23.2 Å². The molecule has 2 unspecified atom stereocenters. The molecule has 0 bridgehead atoms. The predicted molar refractivity (Wildman–Crippen MR) is 60.9 cm³/mol. The monoisotopic (exact) mass is 250 g/mol. The van der Waals surface area contributed by atoms with E-state index in [0.29, 0.717) is 5.56 Å². The molecule has 0 fully saturated rings. The maximum atomic E-state index is 9.64. The number of rotatable bonds is 3. The van der Waals surface area contributed by atoms with Crippen molar-refractivity contribution in [3.8, 4) is 0 Å². The molecule has 0 spiro atoms. The van der Waals surface area contributed by atoms with E-state index >= 15 is 0 Å². The van der Waals surface area contributed by atoms with Crippen molar-refractivity contribution in [3.05, 3.63) is 27.7 Å². The minimum atomic E-state index is -1.12. The van der Waals surface area contributed by atoms with Gasteiger partial charge in [0, 0.05) is 6.54 Å². The lowest BCUT2D eigenvalue weighted by Gasteiger charge is -2.17. The van der Waals surface area contributed by atoms with E-state index in [0.717, 1.165) is 0 Å². The highest BCUT2D eigenvalue weighted by molar-refractivity contribution is 6.38. The average Bonchev–Trinajstić information content (AvgIpc) is 2.23. The van der Waals surface area contributed by atoms with Gasteiger partial charge in [-0.3, -0.25) is 0 Å². The molecule has 0 saturated carbocycles. The zero-order valence-electron chi connectivity index (χ0n) is 7.82. The fourth-order valence-electron chi connectivity index (χ4n) is 1.13. The summed E-state index contributed by atoms with van der Waals surface area (Å²) in [4.78, 5) is 0. The fraction of sp³-hybridized carbons (Fsp3) is 0.333. The van der Waals surface area contributed by atoms with Crippen LogP contribution in [0.2, 0.25) is 10.0 Å². The van der Waals surface area contributed by atoms with Crippen LogP contribution in [-0.4, -0.2) is 22.9 Å². The Kier molecular flexibility index (Phi) is 4.19. The molecule has 6 N–H and O–H groups in total. The second kappa shape index (κ2) is 5.01. The molecule has 0 aromatic heterocycles. The van der Waals surface area contributed by atoms with Gasteiger partial charge in [-0.05, 0) is 17.7 Å². The highest BCUT2D eigenvalue weighted by Crippen LogP contribution is 2.31. The maximum Gasteiger partial charge on any atom is 0.106 e. The van der Waals surface area contributed by atoms with Crippen LogP contribution in [0.15, 0.2) is 12.1 Å². The lowest BCUT2D eigenvalue weighted by atomic mass is 10.0. The van der Waals surface area contributed by atoms with Crippen LogP contribution in [-0.2, 0) is 0 Å². The Bertz CT molecular complexity index is 337. The lowest BCUT2D eigenvalue weighted by Crippen LogP contribution is -2.27. The number of benzene rings is 1. The molecule has 0 aliphatic carbocycles. The molecular formula is C9H12Cl2N2O2. The molecule has 84 valence electrons. The van der Waals surface area contributed by atoms with Gasteiger partial charge in [-0.1, -0.05) is 23.2 Å². The molecule has 0 amide bonds. The molecule has 0 heterocycles. The van der Waals surface area contributed by atoms with Gasteiger partial charge in [0.25, 0.3) is 0 Å². The third-order valence-corrected chi connectivity index (χ3v) is 2.67. The third kappa shape index (κ3) is 2.74. The molecule has 1 aromatic rings. The average molecular weight is 251 g/mol. The van der Waals surface area contributed by atoms with Crippen LogP contribution in [0, 0.1) is 0 Å². The van der Waals surface area contributed by atoms with Crippen LogP contribution in [0.4, 0.5) is 5.69 Å². The molecule has 0 aliphatic heterocycles. The van der Waals surface area contributed by atoms with Gasteiger partial charge in [0.15, 0.2) is 0 Å². The summed E-state index contributed by atoms with van der Waals surface area (Å²) in [6.45, 7) is -0.0548. The SMILES string of the molecule is NCC(O)C(O)c1cc(Cl)c(N)c(Cl)c1. The summed E-state index contributed by atoms with van der Waals surface area (Å²) in [6, 6.07) is 2.90. The van der Waals surface area contributed by atoms with Crippen LogP contribution in [0.3, 0.4) is 0 Å². The zero-order valence-corrected chi connectivity index (χ0v) is 9.33. The zero-order chi connectivity index (χ0) is 11.6. The number of anilines is 1. The van der Waals surface area contributed by atoms with Crippen molar-refractivity contribution >= 4 is 28.9 Å². The maximum absolute atomic E-state index is 9.64. The predicted octanol–water partition coefficient (Wildman–Crippen LogP) is 0.929. The van der Waals surface area contributed by atoms with E-state index < -0.39 is 12.2 Å². The fourth-order valence-corrected chi connectivity index (χ4v) is 1.63. The number of hydrogen-bond acceptors (Lipinski definition) is 4. The van der Waals surface area contributed by atoms with Crippen molar-refractivity contribution in [2.45, 2.75) is 12.2 Å². The second-order valence-electron chi connectivity index (χ2n) is 3.15. The first kappa shape index (κ1) is 12.5. The normalized spacial score (nSPS) is 15.0. The number of hydrogen-bond donors (Lipinski definition) is 4. The minimum Gasteiger partial charge on any atom is -0.396 e. The summed E-state index contributed by atoms with van der Waals surface area (Å²) in [7, 11) is 0. The van der Waals surface area contributed by atoms with E-state index in [1.54, 1.807) is 0 Å². The number of aliphatic hydroxyl groups is 2. The first-order chi connectivity index (χ1) is 6.97. The minimum absolute atomic E-state index is 0.0548. The Morgan fingerprint density at radius 1 is 1.20 bits per heavy atom. The smallest absolute Gasteiger partial charge is 0.106 e. The van der Waals surface area contributed by atoms with E-state index in [-0.39, 0.29) is 22.3 Å². The highest BCUT2D eigenvalue weighted by atomic mass is 35.5. The molecule has 0 radical (unpaired) electrons. The summed E-state index contributed by atoms with van der Waals surface area (Å²) in [5.74, 6) is 0. The molecule has 0 aliphatic rings. The van der Waals surface area contributed by atoms with E-state index in [1.165, 1.54) is 12.1 Å². The lowest BCUT2D eigenvalue weighted by molar-refractivity contribution is 0.0243. The topological polar surface area (TPSA) is 92.5 Å². The highest BCUT2D eigenvalue weighted by Gasteiger charge is 2.18. The molecule has 1 aromatic carbocycles. The van der Waals surface area contributed by atoms with Crippen molar-refractivity contribution in [3.63, 3.8) is 0 Å². The van der Waals surface area contributed by atoms with E-state index in [9.17, 15) is 10.2 Å². The first-order valence-electron chi connectivity index (χ1n) is 4.28. The number of nitrogens with two attached hydrogens (primary N) is 2. The standard InChI is InChI=1S/C9H12Cl2N2O2/c10-5-1-4(2-6(11)8(5)13)9(15)7(14)3-12/h1-2,7,9,14-15H,3,12-13H2. The van der Waals surface area contributed by atoms with Crippen molar-refractivity contribution in [1.82, 2.24) is 0 Å². The first-order valence-corrected chi connectivity index (χ1v) is 5.03. The molecule has 2 atom stereocenters. The summed E-state index contributed by atoms with van der Waals surface area (Å²) in [5, 5.41) is 19.5. The quantitative estimate of drug-likeness (QED) is 0.601. The second-order valence-corrected chi connectivity index (χ2v) is 3.96. The van der Waals surface area contributed by atoms with Crippen LogP contribution in [0.1, 0.15) is 11.7 Å². The van der Waals surface area contributed by atoms with Crippen LogP contribution < -0.4 is 11.5 Å². The van der Waals surface area contributed by atoms with Crippen molar-refractivity contribution in [2.24, 2.45) is 5.73 Å². The third-order valence-electron chi connectivity index (χ3n) is 2.05. The Labute approximate surface area is 97.4 Å². The summed E-state index contributed by atoms with van der Waals surface area (Å²) in [5.41, 5.74) is 11.4. The largest absolute Gasteiger partial charge is 0.396 e. The molecule has 1 rings (SSSR count). The Balaban J connectivity index is 3.06. The van der Waals surface area contributed by atoms with Crippen molar-refractivity contribution in [2.75, 3.05) is 12.3 Å². The summed E-state index contributed by atoms with van der Waals surface area (Å²) < 4.78 is 0. The Morgan fingerprint density at radius 2 is 1.67 bits per heavy atom. The molecule has 0 saturated heterocycles. The van der Waals surface area contributed by atoms with Gasteiger partial charge in [0.05, 0.1) is 21.8 Å². The van der Waals surface area contributed by atoms with Gasteiger partial charge >= 0.3 is 0 Å². The molecular weight excluding hydrogens is 239 g/mol. The molecule has 4 nitrogen and oxygen atoms in total. The number of aliphatic hydroxyl groups excluding tert-OH is 2. The van der Waals surface area contributed by atoms with Crippen molar-refractivity contribution < 1.29 is 10.2 Å². The van der Waals surface area contributed by atoms with Crippen LogP contribution in [0.5, 0.6) is 0 Å². The summed E-state index contributed by atoms with van der Waals surface area (Å²) in [6.07, 6.45) is -2.17. The summed E-state index contributed by atoms with van der Waals surface area (Å²) >= 11 is 11.6. The van der Waals surface area contributed by atoms with E-state index in [4.69, 9.17) is 34.7 Å². The Hall–Kier alpha value is -0.520. The van der Waals surface area contributed by atoms with Gasteiger partial charge < -0.3 is 21.7 Å². The van der Waals surface area contributed by atoms with Gasteiger partial charge in [-0.25, -0.2) is 0 Å². The van der Waals surface area contributed by atoms with Crippen molar-refractivity contribution in [1.29, 1.82) is 0 Å². The van der Waals surface area contributed by atoms with Gasteiger partial charge in [-0.2, -0.15) is 0 Å². The molecule has 6 heteroatoms. The molecule has 15 heavy (non-hydrogen) atoms.